The topological polar surface area (TPSA) is 46.6 Å². The Morgan fingerprint density at radius 3 is 2.44 bits per heavy atom. The van der Waals surface area contributed by atoms with Gasteiger partial charge in [0.15, 0.2) is 0 Å². The van der Waals surface area contributed by atoms with E-state index in [1.807, 2.05) is 30.3 Å². The van der Waals surface area contributed by atoms with Gasteiger partial charge in [-0.1, -0.05) is 18.2 Å². The highest BCUT2D eigenvalue weighted by atomic mass is 16.5. The first-order valence-corrected chi connectivity index (χ1v) is 6.32. The van der Waals surface area contributed by atoms with Crippen molar-refractivity contribution in [2.24, 2.45) is 5.92 Å². The molecule has 1 unspecified atom stereocenters. The number of carbonyl (C=O) groups excluding carboxylic acids is 2. The first-order chi connectivity index (χ1) is 8.77. The minimum atomic E-state index is -0.444. The molecule has 94 valence electrons. The van der Waals surface area contributed by atoms with E-state index < -0.39 is 6.04 Å². The third-order valence-electron chi connectivity index (χ3n) is 3.42. The monoisotopic (exact) mass is 245 g/mol. The predicted octanol–water partition coefficient (Wildman–Crippen LogP) is 1.75. The third-order valence-corrected chi connectivity index (χ3v) is 3.42. The number of ether oxygens (including phenoxy) is 1. The van der Waals surface area contributed by atoms with E-state index in [-0.39, 0.29) is 17.8 Å². The molecule has 3 rings (SSSR count). The number of amides is 1. The summed E-state index contributed by atoms with van der Waals surface area (Å²) in [4.78, 5) is 25.7. The van der Waals surface area contributed by atoms with Gasteiger partial charge in [0, 0.05) is 18.0 Å². The Bertz CT molecular complexity index is 467. The van der Waals surface area contributed by atoms with Crippen molar-refractivity contribution < 1.29 is 14.3 Å². The molecule has 0 aromatic heterocycles. The van der Waals surface area contributed by atoms with Crippen LogP contribution in [0.4, 0.5) is 5.69 Å². The van der Waals surface area contributed by atoms with E-state index in [4.69, 9.17) is 4.74 Å². The molecule has 1 amide bonds. The summed E-state index contributed by atoms with van der Waals surface area (Å²) < 4.78 is 4.99. The molecule has 4 nitrogen and oxygen atoms in total. The molecule has 18 heavy (non-hydrogen) atoms. The van der Waals surface area contributed by atoms with Crippen LogP contribution in [-0.4, -0.2) is 24.5 Å². The minimum Gasteiger partial charge on any atom is -0.464 e. The van der Waals surface area contributed by atoms with Crippen molar-refractivity contribution >= 4 is 17.6 Å². The number of cyclic esters (lactones) is 1. The standard InChI is InChI=1S/C14H15NO3/c16-13(10-6-7-10)15(11-4-2-1-3-5-11)12-8-9-18-14(12)17/h1-5,10,12H,6-9H2. The number of anilines is 1. The summed E-state index contributed by atoms with van der Waals surface area (Å²) in [6.45, 7) is 0.408. The molecule has 1 atom stereocenters. The van der Waals surface area contributed by atoms with E-state index in [2.05, 4.69) is 0 Å². The number of rotatable bonds is 3. The minimum absolute atomic E-state index is 0.0602. The molecular formula is C14H15NO3. The predicted molar refractivity (Wildman–Crippen MR) is 66.0 cm³/mol. The van der Waals surface area contributed by atoms with Gasteiger partial charge < -0.3 is 4.74 Å². The lowest BCUT2D eigenvalue weighted by molar-refractivity contribution is -0.140. The van der Waals surface area contributed by atoms with E-state index >= 15 is 0 Å². The number of esters is 1. The second-order valence-electron chi connectivity index (χ2n) is 4.79. The number of hydrogen-bond acceptors (Lipinski definition) is 3. The van der Waals surface area contributed by atoms with Gasteiger partial charge in [0.05, 0.1) is 6.61 Å². The Morgan fingerprint density at radius 1 is 1.17 bits per heavy atom. The second kappa shape index (κ2) is 4.44. The number of carbonyl (C=O) groups is 2. The van der Waals surface area contributed by atoms with Gasteiger partial charge >= 0.3 is 5.97 Å². The fourth-order valence-corrected chi connectivity index (χ4v) is 2.30. The third kappa shape index (κ3) is 1.98. The number of hydrogen-bond donors (Lipinski definition) is 0. The average Bonchev–Trinajstić information content (AvgIpc) is 3.16. The smallest absolute Gasteiger partial charge is 0.329 e. The highest BCUT2D eigenvalue weighted by Gasteiger charge is 2.41. The van der Waals surface area contributed by atoms with Crippen LogP contribution in [0.2, 0.25) is 0 Å². The van der Waals surface area contributed by atoms with E-state index in [1.165, 1.54) is 0 Å². The molecule has 1 aliphatic heterocycles. The van der Waals surface area contributed by atoms with Crippen LogP contribution >= 0.6 is 0 Å². The Kier molecular flexibility index (Phi) is 2.78. The lowest BCUT2D eigenvalue weighted by Crippen LogP contribution is -2.44. The molecule has 2 aliphatic rings. The highest BCUT2D eigenvalue weighted by molar-refractivity contribution is 6.02. The maximum Gasteiger partial charge on any atom is 0.329 e. The molecule has 1 heterocycles. The normalized spacial score (nSPS) is 22.7. The molecule has 0 bridgehead atoms. The van der Waals surface area contributed by atoms with E-state index in [0.29, 0.717) is 13.0 Å². The largest absolute Gasteiger partial charge is 0.464 e. The molecule has 4 heteroatoms. The van der Waals surface area contributed by atoms with Crippen molar-refractivity contribution in [3.8, 4) is 0 Å². The van der Waals surface area contributed by atoms with Crippen LogP contribution in [0.1, 0.15) is 19.3 Å². The number of para-hydroxylation sites is 1. The summed E-state index contributed by atoms with van der Waals surface area (Å²) in [7, 11) is 0. The number of nitrogens with zero attached hydrogens (tertiary/aromatic N) is 1. The maximum atomic E-state index is 12.4. The molecule has 0 N–H and O–H groups in total. The zero-order valence-electron chi connectivity index (χ0n) is 10.0. The van der Waals surface area contributed by atoms with Crippen molar-refractivity contribution in [2.75, 3.05) is 11.5 Å². The quantitative estimate of drug-likeness (QED) is 0.762. The summed E-state index contributed by atoms with van der Waals surface area (Å²) in [5.41, 5.74) is 0.790. The van der Waals surface area contributed by atoms with Crippen molar-refractivity contribution in [1.29, 1.82) is 0 Å². The highest BCUT2D eigenvalue weighted by Crippen LogP contribution is 2.34. The molecule has 2 fully saturated rings. The van der Waals surface area contributed by atoms with E-state index in [9.17, 15) is 9.59 Å². The molecule has 1 aromatic rings. The van der Waals surface area contributed by atoms with Gasteiger partial charge in [0.1, 0.15) is 6.04 Å². The Hall–Kier alpha value is -1.84. The van der Waals surface area contributed by atoms with Crippen molar-refractivity contribution in [3.05, 3.63) is 30.3 Å². The molecule has 0 radical (unpaired) electrons. The van der Waals surface area contributed by atoms with Crippen LogP contribution in [0.25, 0.3) is 0 Å². The fourth-order valence-electron chi connectivity index (χ4n) is 2.30. The molecule has 0 spiro atoms. The summed E-state index contributed by atoms with van der Waals surface area (Å²) in [6.07, 6.45) is 2.46. The molecule has 1 saturated heterocycles. The van der Waals surface area contributed by atoms with Crippen LogP contribution in [-0.2, 0) is 14.3 Å². The van der Waals surface area contributed by atoms with Gasteiger partial charge in [0.2, 0.25) is 5.91 Å². The molecule has 1 aliphatic carbocycles. The summed E-state index contributed by atoms with van der Waals surface area (Å²) in [6, 6.07) is 8.94. The van der Waals surface area contributed by atoms with Crippen LogP contribution in [0, 0.1) is 5.92 Å². The lowest BCUT2D eigenvalue weighted by atomic mass is 10.1. The molecular weight excluding hydrogens is 230 g/mol. The zero-order chi connectivity index (χ0) is 12.5. The van der Waals surface area contributed by atoms with Crippen LogP contribution in [0.15, 0.2) is 30.3 Å². The Morgan fingerprint density at radius 2 is 1.89 bits per heavy atom. The van der Waals surface area contributed by atoms with Gasteiger partial charge in [-0.3, -0.25) is 9.69 Å². The van der Waals surface area contributed by atoms with Crippen LogP contribution < -0.4 is 4.90 Å². The van der Waals surface area contributed by atoms with Gasteiger partial charge in [-0.05, 0) is 25.0 Å². The van der Waals surface area contributed by atoms with E-state index in [0.717, 1.165) is 18.5 Å². The fraction of sp³-hybridized carbons (Fsp3) is 0.429. The Balaban J connectivity index is 1.92. The van der Waals surface area contributed by atoms with Crippen LogP contribution in [0.3, 0.4) is 0 Å². The van der Waals surface area contributed by atoms with Gasteiger partial charge in [0.25, 0.3) is 0 Å². The SMILES string of the molecule is O=C1OCCC1N(C(=O)C1CC1)c1ccccc1. The van der Waals surface area contributed by atoms with Gasteiger partial charge in [-0.15, -0.1) is 0 Å². The first kappa shape index (κ1) is 11.3. The molecule has 1 aromatic carbocycles. The summed E-state index contributed by atoms with van der Waals surface area (Å²) in [5, 5.41) is 0. The van der Waals surface area contributed by atoms with Gasteiger partial charge in [-0.25, -0.2) is 4.79 Å². The van der Waals surface area contributed by atoms with Gasteiger partial charge in [-0.2, -0.15) is 0 Å². The zero-order valence-corrected chi connectivity index (χ0v) is 10.0. The van der Waals surface area contributed by atoms with E-state index in [1.54, 1.807) is 4.90 Å². The van der Waals surface area contributed by atoms with Crippen molar-refractivity contribution in [2.45, 2.75) is 25.3 Å². The van der Waals surface area contributed by atoms with Crippen LogP contribution in [0.5, 0.6) is 0 Å². The lowest BCUT2D eigenvalue weighted by Gasteiger charge is -2.26. The molecule has 1 saturated carbocycles. The van der Waals surface area contributed by atoms with Crippen molar-refractivity contribution in [3.63, 3.8) is 0 Å². The summed E-state index contributed by atoms with van der Waals surface area (Å²) >= 11 is 0. The average molecular weight is 245 g/mol. The first-order valence-electron chi connectivity index (χ1n) is 6.32. The second-order valence-corrected chi connectivity index (χ2v) is 4.79. The Labute approximate surface area is 106 Å². The summed E-state index contributed by atoms with van der Waals surface area (Å²) in [5.74, 6) is -0.128. The number of benzene rings is 1. The maximum absolute atomic E-state index is 12.4. The van der Waals surface area contributed by atoms with Crippen molar-refractivity contribution in [1.82, 2.24) is 0 Å².